The summed E-state index contributed by atoms with van der Waals surface area (Å²) in [5.41, 5.74) is 2.22. The average molecular weight is 516 g/mol. The van der Waals surface area contributed by atoms with Crippen molar-refractivity contribution in [1.82, 2.24) is 9.21 Å². The average Bonchev–Trinajstić information content (AvgIpc) is 2.85. The molecule has 1 heterocycles. The zero-order valence-electron chi connectivity index (χ0n) is 19.6. The lowest BCUT2D eigenvalue weighted by molar-refractivity contribution is 0.0696. The van der Waals surface area contributed by atoms with Crippen LogP contribution in [0.1, 0.15) is 21.5 Å². The Kier molecular flexibility index (Phi) is 8.91. The van der Waals surface area contributed by atoms with Crippen LogP contribution in [0, 0.1) is 0 Å². The molecular formula is C26H30ClN3O4S. The molecule has 0 radical (unpaired) electrons. The standard InChI is InChI=1S/C26H29N3O4S.ClH/c1-27-14-16-28(17-15-27)24-13-12-23(26(30)31)18-25(24)34(32,33)29(19-21-8-4-2-5-9-21)20-22-10-6-3-7-11-22;/h2-13,18H,14-17,19-20H2,1H3,(H,30,31);1H. The molecule has 1 aliphatic heterocycles. The highest BCUT2D eigenvalue weighted by Crippen LogP contribution is 2.32. The van der Waals surface area contributed by atoms with Crippen LogP contribution >= 0.6 is 12.4 Å². The monoisotopic (exact) mass is 515 g/mol. The number of aromatic carboxylic acids is 1. The van der Waals surface area contributed by atoms with Gasteiger partial charge in [-0.3, -0.25) is 0 Å². The summed E-state index contributed by atoms with van der Waals surface area (Å²) in [7, 11) is -2.00. The molecule has 3 aromatic carbocycles. The number of nitrogens with zero attached hydrogens (tertiary/aromatic N) is 3. The Hall–Kier alpha value is -2.91. The van der Waals surface area contributed by atoms with E-state index >= 15 is 0 Å². The molecule has 186 valence electrons. The Morgan fingerprint density at radius 1 is 0.857 bits per heavy atom. The normalized spacial score (nSPS) is 14.5. The third-order valence-corrected chi connectivity index (χ3v) is 7.89. The molecule has 0 atom stereocenters. The van der Waals surface area contributed by atoms with E-state index in [9.17, 15) is 18.3 Å². The van der Waals surface area contributed by atoms with Gasteiger partial charge in [0.1, 0.15) is 4.90 Å². The Labute approximate surface area is 213 Å². The Bertz CT molecular complexity index is 1190. The first-order valence-corrected chi connectivity index (χ1v) is 12.7. The Morgan fingerprint density at radius 3 is 1.86 bits per heavy atom. The van der Waals surface area contributed by atoms with Crippen molar-refractivity contribution in [2.24, 2.45) is 0 Å². The van der Waals surface area contributed by atoms with Crippen LogP contribution in [-0.4, -0.2) is 61.9 Å². The van der Waals surface area contributed by atoms with Crippen LogP contribution in [0.2, 0.25) is 0 Å². The van der Waals surface area contributed by atoms with Gasteiger partial charge >= 0.3 is 5.97 Å². The number of carboxylic acids is 1. The Morgan fingerprint density at radius 2 is 1.37 bits per heavy atom. The van der Waals surface area contributed by atoms with E-state index in [2.05, 4.69) is 4.90 Å². The Balaban J connectivity index is 0.00000342. The number of hydrogen-bond acceptors (Lipinski definition) is 5. The first-order valence-electron chi connectivity index (χ1n) is 11.2. The fourth-order valence-corrected chi connectivity index (χ4v) is 5.75. The van der Waals surface area contributed by atoms with Gasteiger partial charge in [-0.25, -0.2) is 13.2 Å². The fraction of sp³-hybridized carbons (Fsp3) is 0.269. The van der Waals surface area contributed by atoms with E-state index in [4.69, 9.17) is 0 Å². The molecular weight excluding hydrogens is 486 g/mol. The molecule has 0 amide bonds. The minimum absolute atomic E-state index is 0. The van der Waals surface area contributed by atoms with Gasteiger partial charge in [-0.1, -0.05) is 60.7 Å². The number of likely N-dealkylation sites (N-methyl/N-ethyl adjacent to an activating group) is 1. The number of benzene rings is 3. The van der Waals surface area contributed by atoms with Crippen molar-refractivity contribution in [2.45, 2.75) is 18.0 Å². The molecule has 0 unspecified atom stereocenters. The molecule has 3 aromatic rings. The molecule has 1 N–H and O–H groups in total. The van der Waals surface area contributed by atoms with Gasteiger partial charge in [0, 0.05) is 39.3 Å². The topological polar surface area (TPSA) is 81.2 Å². The third-order valence-electron chi connectivity index (χ3n) is 6.07. The molecule has 35 heavy (non-hydrogen) atoms. The van der Waals surface area contributed by atoms with Crippen molar-refractivity contribution in [3.63, 3.8) is 0 Å². The van der Waals surface area contributed by atoms with Crippen LogP contribution in [0.5, 0.6) is 0 Å². The largest absolute Gasteiger partial charge is 0.478 e. The number of carboxylic acid groups (broad SMARTS) is 1. The summed E-state index contributed by atoms with van der Waals surface area (Å²) in [6, 6.07) is 23.3. The van der Waals surface area contributed by atoms with E-state index in [1.165, 1.54) is 16.4 Å². The van der Waals surface area contributed by atoms with Gasteiger partial charge in [0.2, 0.25) is 10.0 Å². The number of rotatable bonds is 8. The fourth-order valence-electron chi connectivity index (χ4n) is 4.10. The molecule has 0 saturated carbocycles. The maximum absolute atomic E-state index is 14.1. The highest BCUT2D eigenvalue weighted by molar-refractivity contribution is 7.89. The molecule has 4 rings (SSSR count). The van der Waals surface area contributed by atoms with Gasteiger partial charge in [0.25, 0.3) is 0 Å². The van der Waals surface area contributed by atoms with Crippen LogP contribution in [-0.2, 0) is 23.1 Å². The molecule has 1 aliphatic rings. The van der Waals surface area contributed by atoms with E-state index < -0.39 is 16.0 Å². The van der Waals surface area contributed by atoms with Gasteiger partial charge in [0.05, 0.1) is 11.3 Å². The maximum atomic E-state index is 14.1. The molecule has 0 bridgehead atoms. The molecule has 7 nitrogen and oxygen atoms in total. The van der Waals surface area contributed by atoms with Crippen molar-refractivity contribution in [3.8, 4) is 0 Å². The first-order chi connectivity index (χ1) is 16.3. The van der Waals surface area contributed by atoms with Crippen molar-refractivity contribution in [1.29, 1.82) is 0 Å². The van der Waals surface area contributed by atoms with Gasteiger partial charge in [-0.2, -0.15) is 4.31 Å². The number of halogens is 1. The molecule has 0 aromatic heterocycles. The second-order valence-electron chi connectivity index (χ2n) is 8.52. The predicted molar refractivity (Wildman–Crippen MR) is 140 cm³/mol. The minimum atomic E-state index is -4.03. The third kappa shape index (κ3) is 6.41. The van der Waals surface area contributed by atoms with Gasteiger partial charge in [0.15, 0.2) is 0 Å². The lowest BCUT2D eigenvalue weighted by atomic mass is 10.2. The second kappa shape index (κ2) is 11.7. The first kappa shape index (κ1) is 26.7. The summed E-state index contributed by atoms with van der Waals surface area (Å²) in [6.07, 6.45) is 0. The molecule has 0 aliphatic carbocycles. The predicted octanol–water partition coefficient (Wildman–Crippen LogP) is 3.95. The van der Waals surface area contributed by atoms with E-state index in [1.54, 1.807) is 6.07 Å². The lowest BCUT2D eigenvalue weighted by Crippen LogP contribution is -2.45. The number of sulfonamides is 1. The van der Waals surface area contributed by atoms with Crippen LogP contribution in [0.15, 0.2) is 83.8 Å². The maximum Gasteiger partial charge on any atom is 0.335 e. The SMILES string of the molecule is CN1CCN(c2ccc(C(=O)O)cc2S(=O)(=O)N(Cc2ccccc2)Cc2ccccc2)CC1.Cl. The zero-order chi connectivity index (χ0) is 24.1. The summed E-state index contributed by atoms with van der Waals surface area (Å²) >= 11 is 0. The smallest absolute Gasteiger partial charge is 0.335 e. The molecule has 0 spiro atoms. The van der Waals surface area contributed by atoms with Crippen molar-refractivity contribution >= 4 is 34.1 Å². The van der Waals surface area contributed by atoms with E-state index in [1.807, 2.05) is 72.6 Å². The van der Waals surface area contributed by atoms with Crippen LogP contribution in [0.25, 0.3) is 0 Å². The highest BCUT2D eigenvalue weighted by atomic mass is 35.5. The van der Waals surface area contributed by atoms with Crippen molar-refractivity contribution in [3.05, 3.63) is 95.6 Å². The summed E-state index contributed by atoms with van der Waals surface area (Å²) in [5, 5.41) is 9.59. The van der Waals surface area contributed by atoms with Gasteiger partial charge in [-0.05, 0) is 36.4 Å². The van der Waals surface area contributed by atoms with Crippen LogP contribution < -0.4 is 4.90 Å². The quantitative estimate of drug-likeness (QED) is 0.489. The van der Waals surface area contributed by atoms with Crippen molar-refractivity contribution in [2.75, 3.05) is 38.1 Å². The molecule has 9 heteroatoms. The van der Waals surface area contributed by atoms with E-state index in [-0.39, 0.29) is 36.0 Å². The number of piperazine rings is 1. The van der Waals surface area contributed by atoms with Crippen LogP contribution in [0.3, 0.4) is 0 Å². The second-order valence-corrected chi connectivity index (χ2v) is 10.4. The lowest BCUT2D eigenvalue weighted by Gasteiger charge is -2.35. The van der Waals surface area contributed by atoms with E-state index in [0.29, 0.717) is 18.8 Å². The zero-order valence-corrected chi connectivity index (χ0v) is 21.2. The molecule has 1 saturated heterocycles. The number of carbonyl (C=O) groups is 1. The molecule has 1 fully saturated rings. The highest BCUT2D eigenvalue weighted by Gasteiger charge is 2.31. The minimum Gasteiger partial charge on any atom is -0.478 e. The van der Waals surface area contributed by atoms with Crippen LogP contribution in [0.4, 0.5) is 5.69 Å². The van der Waals surface area contributed by atoms with Gasteiger partial charge in [-0.15, -0.1) is 12.4 Å². The number of hydrogen-bond donors (Lipinski definition) is 1. The van der Waals surface area contributed by atoms with Crippen molar-refractivity contribution < 1.29 is 18.3 Å². The summed E-state index contributed by atoms with van der Waals surface area (Å²) < 4.78 is 29.7. The number of anilines is 1. The summed E-state index contributed by atoms with van der Waals surface area (Å²) in [5.74, 6) is -1.15. The summed E-state index contributed by atoms with van der Waals surface area (Å²) in [4.78, 5) is 16.0. The van der Waals surface area contributed by atoms with E-state index in [0.717, 1.165) is 24.2 Å². The van der Waals surface area contributed by atoms with Gasteiger partial charge < -0.3 is 14.9 Å². The summed E-state index contributed by atoms with van der Waals surface area (Å²) in [6.45, 7) is 3.30.